The number of carbonyl (C=O) groups is 1. The van der Waals surface area contributed by atoms with Crippen LogP contribution in [0, 0.1) is 18.7 Å². The molecule has 1 aromatic carbocycles. The van der Waals surface area contributed by atoms with Gasteiger partial charge >= 0.3 is 6.03 Å². The number of aryl methyl sites for hydroxylation is 1. The van der Waals surface area contributed by atoms with Crippen LogP contribution in [-0.2, 0) is 0 Å². The molecule has 0 aliphatic carbocycles. The third-order valence-corrected chi connectivity index (χ3v) is 5.51. The van der Waals surface area contributed by atoms with Gasteiger partial charge in [-0.2, -0.15) is 0 Å². The maximum Gasteiger partial charge on any atom is 0.318 e. The normalized spacial score (nSPS) is 22.4. The van der Waals surface area contributed by atoms with Crippen molar-refractivity contribution < 1.29 is 13.7 Å². The van der Waals surface area contributed by atoms with Crippen LogP contribution in [0.5, 0.6) is 0 Å². The number of halogens is 1. The number of anilines is 1. The topological polar surface area (TPSA) is 61.6 Å². The van der Waals surface area contributed by atoms with Gasteiger partial charge in [-0.3, -0.25) is 0 Å². The van der Waals surface area contributed by atoms with E-state index in [1.54, 1.807) is 0 Å². The van der Waals surface area contributed by atoms with Gasteiger partial charge in [0.15, 0.2) is 5.76 Å². The molecule has 2 amide bonds. The molecule has 7 heteroatoms. The van der Waals surface area contributed by atoms with E-state index in [-0.39, 0.29) is 17.9 Å². The van der Waals surface area contributed by atoms with E-state index in [2.05, 4.69) is 15.4 Å². The Bertz CT molecular complexity index is 792. The first-order valence-electron chi connectivity index (χ1n) is 9.58. The molecule has 3 heterocycles. The number of nitrogens with zero attached hydrogens (tertiary/aromatic N) is 3. The fourth-order valence-corrected chi connectivity index (χ4v) is 4.06. The van der Waals surface area contributed by atoms with Crippen molar-refractivity contribution in [3.63, 3.8) is 0 Å². The predicted molar refractivity (Wildman–Crippen MR) is 100 cm³/mol. The van der Waals surface area contributed by atoms with Gasteiger partial charge in [-0.25, -0.2) is 9.18 Å². The molecule has 27 heavy (non-hydrogen) atoms. The molecular formula is C20H25FN4O2. The number of rotatable bonds is 4. The summed E-state index contributed by atoms with van der Waals surface area (Å²) in [6, 6.07) is 8.45. The van der Waals surface area contributed by atoms with Crippen LogP contribution in [0.2, 0.25) is 0 Å². The zero-order valence-corrected chi connectivity index (χ0v) is 15.5. The van der Waals surface area contributed by atoms with Crippen molar-refractivity contribution in [1.29, 1.82) is 0 Å². The van der Waals surface area contributed by atoms with Gasteiger partial charge in [0, 0.05) is 37.9 Å². The van der Waals surface area contributed by atoms with Crippen molar-refractivity contribution in [2.45, 2.75) is 32.2 Å². The first-order chi connectivity index (χ1) is 13.1. The van der Waals surface area contributed by atoms with Gasteiger partial charge in [0.2, 0.25) is 0 Å². The van der Waals surface area contributed by atoms with Crippen LogP contribution in [0.15, 0.2) is 34.9 Å². The SMILES string of the molecule is Cc1cc(C2CCCN2C(=O)NCC2CCN(c3ccc(F)cc3)C2)on1. The number of benzene rings is 1. The molecule has 0 bridgehead atoms. The molecule has 4 rings (SSSR count). The van der Waals surface area contributed by atoms with E-state index in [0.29, 0.717) is 12.5 Å². The summed E-state index contributed by atoms with van der Waals surface area (Å²) >= 11 is 0. The smallest absolute Gasteiger partial charge is 0.318 e. The molecular weight excluding hydrogens is 347 g/mol. The Kier molecular flexibility index (Phi) is 5.01. The van der Waals surface area contributed by atoms with Crippen molar-refractivity contribution in [2.75, 3.05) is 31.1 Å². The number of likely N-dealkylation sites (tertiary alicyclic amines) is 1. The summed E-state index contributed by atoms with van der Waals surface area (Å²) in [6.45, 7) is 5.07. The lowest BCUT2D eigenvalue weighted by Crippen LogP contribution is -2.41. The lowest BCUT2D eigenvalue weighted by molar-refractivity contribution is 0.181. The monoisotopic (exact) mass is 372 g/mol. The van der Waals surface area contributed by atoms with Crippen LogP contribution in [0.4, 0.5) is 14.9 Å². The summed E-state index contributed by atoms with van der Waals surface area (Å²) in [6.07, 6.45) is 2.89. The second-order valence-corrected chi connectivity index (χ2v) is 7.49. The third kappa shape index (κ3) is 3.91. The average molecular weight is 372 g/mol. The Labute approximate surface area is 158 Å². The van der Waals surface area contributed by atoms with Crippen LogP contribution >= 0.6 is 0 Å². The third-order valence-electron chi connectivity index (χ3n) is 5.51. The molecule has 2 aliphatic rings. The standard InChI is InChI=1S/C20H25FN4O2/c1-14-11-19(27-23-14)18-3-2-9-25(18)20(26)22-12-15-8-10-24(13-15)17-6-4-16(21)5-7-17/h4-7,11,15,18H,2-3,8-10,12-13H2,1H3,(H,22,26). The predicted octanol–water partition coefficient (Wildman–Crippen LogP) is 3.50. The van der Waals surface area contributed by atoms with Crippen LogP contribution in [0.25, 0.3) is 0 Å². The Balaban J connectivity index is 1.30. The number of carbonyl (C=O) groups excluding carboxylic acids is 1. The molecule has 2 saturated heterocycles. The van der Waals surface area contributed by atoms with Gasteiger partial charge < -0.3 is 19.6 Å². The molecule has 2 aromatic rings. The number of urea groups is 1. The molecule has 2 fully saturated rings. The zero-order chi connectivity index (χ0) is 18.8. The Hall–Kier alpha value is -2.57. The van der Waals surface area contributed by atoms with Crippen LogP contribution in [0.1, 0.15) is 36.8 Å². The second kappa shape index (κ2) is 7.58. The van der Waals surface area contributed by atoms with E-state index < -0.39 is 0 Å². The minimum absolute atomic E-state index is 0.0227. The first-order valence-corrected chi connectivity index (χ1v) is 9.58. The van der Waals surface area contributed by atoms with E-state index in [1.165, 1.54) is 12.1 Å². The number of nitrogens with one attached hydrogen (secondary N) is 1. The molecule has 1 N–H and O–H groups in total. The highest BCUT2D eigenvalue weighted by atomic mass is 19.1. The summed E-state index contributed by atoms with van der Waals surface area (Å²) in [5, 5.41) is 7.04. The molecule has 6 nitrogen and oxygen atoms in total. The van der Waals surface area contributed by atoms with Gasteiger partial charge in [0.05, 0.1) is 11.7 Å². The van der Waals surface area contributed by atoms with Crippen molar-refractivity contribution in [2.24, 2.45) is 5.92 Å². The van der Waals surface area contributed by atoms with E-state index >= 15 is 0 Å². The summed E-state index contributed by atoms with van der Waals surface area (Å²) in [5.41, 5.74) is 1.87. The van der Waals surface area contributed by atoms with Gasteiger partial charge in [-0.15, -0.1) is 0 Å². The van der Waals surface area contributed by atoms with Gasteiger partial charge in [-0.1, -0.05) is 5.16 Å². The highest BCUT2D eigenvalue weighted by Crippen LogP contribution is 2.32. The van der Waals surface area contributed by atoms with E-state index in [9.17, 15) is 9.18 Å². The van der Waals surface area contributed by atoms with Gasteiger partial charge in [0.25, 0.3) is 0 Å². The molecule has 0 saturated carbocycles. The van der Waals surface area contributed by atoms with Crippen LogP contribution < -0.4 is 10.2 Å². The lowest BCUT2D eigenvalue weighted by Gasteiger charge is -2.24. The quantitative estimate of drug-likeness (QED) is 0.892. The zero-order valence-electron chi connectivity index (χ0n) is 15.5. The highest BCUT2D eigenvalue weighted by molar-refractivity contribution is 5.75. The summed E-state index contributed by atoms with van der Waals surface area (Å²) < 4.78 is 18.5. The largest absolute Gasteiger partial charge is 0.371 e. The molecule has 2 unspecified atom stereocenters. The van der Waals surface area contributed by atoms with Crippen molar-refractivity contribution in [3.8, 4) is 0 Å². The maximum absolute atomic E-state index is 13.1. The van der Waals surface area contributed by atoms with Crippen LogP contribution in [-0.4, -0.2) is 42.3 Å². The fourth-order valence-electron chi connectivity index (χ4n) is 4.06. The van der Waals surface area contributed by atoms with Gasteiger partial charge in [0.1, 0.15) is 5.82 Å². The number of amides is 2. The molecule has 0 radical (unpaired) electrons. The Morgan fingerprint density at radius 3 is 2.85 bits per heavy atom. The fraction of sp³-hybridized carbons (Fsp3) is 0.500. The maximum atomic E-state index is 13.1. The minimum atomic E-state index is -0.219. The molecule has 2 atom stereocenters. The number of hydrogen-bond acceptors (Lipinski definition) is 4. The first kappa shape index (κ1) is 17.8. The van der Waals surface area contributed by atoms with E-state index in [4.69, 9.17) is 4.52 Å². The van der Waals surface area contributed by atoms with Gasteiger partial charge in [-0.05, 0) is 56.4 Å². The molecule has 0 spiro atoms. The minimum Gasteiger partial charge on any atom is -0.371 e. The van der Waals surface area contributed by atoms with Crippen molar-refractivity contribution >= 4 is 11.7 Å². The highest BCUT2D eigenvalue weighted by Gasteiger charge is 2.33. The van der Waals surface area contributed by atoms with Crippen molar-refractivity contribution in [3.05, 3.63) is 47.6 Å². The summed E-state index contributed by atoms with van der Waals surface area (Å²) in [7, 11) is 0. The molecule has 2 aliphatic heterocycles. The lowest BCUT2D eigenvalue weighted by atomic mass is 10.1. The van der Waals surface area contributed by atoms with Crippen molar-refractivity contribution in [1.82, 2.24) is 15.4 Å². The molecule has 1 aromatic heterocycles. The van der Waals surface area contributed by atoms with E-state index in [1.807, 2.05) is 30.0 Å². The van der Waals surface area contributed by atoms with Crippen LogP contribution in [0.3, 0.4) is 0 Å². The average Bonchev–Trinajstić information content (AvgIpc) is 3.40. The molecule has 144 valence electrons. The second-order valence-electron chi connectivity index (χ2n) is 7.49. The summed E-state index contributed by atoms with van der Waals surface area (Å²) in [5.74, 6) is 0.944. The Morgan fingerprint density at radius 1 is 1.30 bits per heavy atom. The van der Waals surface area contributed by atoms with E-state index in [0.717, 1.165) is 56.0 Å². The Morgan fingerprint density at radius 2 is 2.11 bits per heavy atom. The number of hydrogen-bond donors (Lipinski definition) is 1. The summed E-state index contributed by atoms with van der Waals surface area (Å²) in [4.78, 5) is 16.8. The number of aromatic nitrogens is 1.